The molecule has 0 spiro atoms. The zero-order valence-corrected chi connectivity index (χ0v) is 8.91. The normalized spacial score (nSPS) is 7.50. The van der Waals surface area contributed by atoms with Crippen molar-refractivity contribution in [2.24, 2.45) is 5.92 Å². The maximum Gasteiger partial charge on any atom is 0.0267 e. The van der Waals surface area contributed by atoms with E-state index in [4.69, 9.17) is 0 Å². The third-order valence-electron chi connectivity index (χ3n) is 0.566. The molecule has 1 heteroatoms. The van der Waals surface area contributed by atoms with E-state index in [1.165, 1.54) is 0 Å². The lowest BCUT2D eigenvalue weighted by molar-refractivity contribution is 0.737. The first-order valence-electron chi connectivity index (χ1n) is 4.58. The van der Waals surface area contributed by atoms with Crippen LogP contribution >= 0.6 is 0 Å². The fourth-order valence-corrected chi connectivity index (χ4v) is 0.313. The lowest BCUT2D eigenvalue weighted by Gasteiger charge is -1.79. The van der Waals surface area contributed by atoms with Crippen molar-refractivity contribution in [2.75, 3.05) is 0 Å². The Morgan fingerprint density at radius 1 is 0.833 bits per heavy atom. The molecule has 0 radical (unpaired) electrons. The van der Waals surface area contributed by atoms with Crippen LogP contribution in [-0.2, 0) is 0 Å². The van der Waals surface area contributed by atoms with Gasteiger partial charge < -0.3 is 0 Å². The first kappa shape index (κ1) is 13.7. The topological polar surface area (TPSA) is 12.9 Å². The molecule has 0 saturated carbocycles. The summed E-state index contributed by atoms with van der Waals surface area (Å²) >= 11 is 0. The molecule has 0 fully saturated rings. The molecule has 1 aromatic rings. The van der Waals surface area contributed by atoms with Gasteiger partial charge in [-0.05, 0) is 18.1 Å². The molecular weight excluding hydrogens is 146 g/mol. The van der Waals surface area contributed by atoms with Crippen LogP contribution in [0.1, 0.15) is 34.6 Å². The van der Waals surface area contributed by atoms with Gasteiger partial charge in [-0.25, -0.2) is 0 Å². The van der Waals surface area contributed by atoms with E-state index < -0.39 is 0 Å². The minimum Gasteiger partial charge on any atom is -0.265 e. The SMILES string of the molecule is CC.CC(C)C.c1ccncc1. The zero-order valence-electron chi connectivity index (χ0n) is 8.91. The minimum atomic E-state index is 0.833. The summed E-state index contributed by atoms with van der Waals surface area (Å²) in [5.74, 6) is 0.833. The highest BCUT2D eigenvalue weighted by Crippen LogP contribution is 1.81. The highest BCUT2D eigenvalue weighted by atomic mass is 14.6. The molecule has 0 aromatic carbocycles. The summed E-state index contributed by atoms with van der Waals surface area (Å²) in [5.41, 5.74) is 0. The van der Waals surface area contributed by atoms with E-state index in [-0.39, 0.29) is 0 Å². The summed E-state index contributed by atoms with van der Waals surface area (Å²) < 4.78 is 0. The number of pyridine rings is 1. The first-order valence-corrected chi connectivity index (χ1v) is 4.58. The molecule has 70 valence electrons. The molecule has 12 heavy (non-hydrogen) atoms. The second kappa shape index (κ2) is 12.8. The Labute approximate surface area is 76.9 Å². The molecule has 0 amide bonds. The van der Waals surface area contributed by atoms with E-state index in [1.54, 1.807) is 12.4 Å². The van der Waals surface area contributed by atoms with Gasteiger partial charge >= 0.3 is 0 Å². The standard InChI is InChI=1S/C5H5N.C4H10.C2H6/c1-2-4-6-5-3-1;1-4(2)3;1-2/h1-5H;4H,1-3H3;1-2H3. The van der Waals surface area contributed by atoms with Crippen LogP contribution in [0.2, 0.25) is 0 Å². The minimum absolute atomic E-state index is 0.833. The second-order valence-electron chi connectivity index (χ2n) is 2.76. The molecule has 1 nitrogen and oxygen atoms in total. The van der Waals surface area contributed by atoms with Gasteiger partial charge in [-0.3, -0.25) is 4.98 Å². The average molecular weight is 167 g/mol. The largest absolute Gasteiger partial charge is 0.265 e. The fraction of sp³-hybridized carbons (Fsp3) is 0.545. The molecule has 0 bridgehead atoms. The third kappa shape index (κ3) is 22.9. The van der Waals surface area contributed by atoms with E-state index >= 15 is 0 Å². The van der Waals surface area contributed by atoms with Crippen LogP contribution in [0.5, 0.6) is 0 Å². The molecule has 0 N–H and O–H groups in total. The second-order valence-corrected chi connectivity index (χ2v) is 2.76. The summed E-state index contributed by atoms with van der Waals surface area (Å²) in [6.07, 6.45) is 3.50. The highest BCUT2D eigenvalue weighted by Gasteiger charge is 1.68. The van der Waals surface area contributed by atoms with E-state index in [1.807, 2.05) is 32.0 Å². The van der Waals surface area contributed by atoms with Crippen LogP contribution in [0.4, 0.5) is 0 Å². The number of aromatic nitrogens is 1. The molecular formula is C11H21N. The lowest BCUT2D eigenvalue weighted by atomic mass is 10.3. The number of nitrogens with zero attached hydrogens (tertiary/aromatic N) is 1. The summed E-state index contributed by atoms with van der Waals surface area (Å²) in [7, 11) is 0. The number of hydrogen-bond acceptors (Lipinski definition) is 1. The Balaban J connectivity index is 0. The Bertz CT molecular complexity index is 105. The van der Waals surface area contributed by atoms with Crippen LogP contribution in [0, 0.1) is 5.92 Å². The Morgan fingerprint density at radius 3 is 1.25 bits per heavy atom. The maximum atomic E-state index is 3.78. The van der Waals surface area contributed by atoms with Crippen molar-refractivity contribution in [1.29, 1.82) is 0 Å². The molecule has 0 aliphatic carbocycles. The van der Waals surface area contributed by atoms with Gasteiger partial charge in [-0.2, -0.15) is 0 Å². The van der Waals surface area contributed by atoms with Crippen molar-refractivity contribution in [1.82, 2.24) is 4.98 Å². The molecule has 1 aromatic heterocycles. The number of rotatable bonds is 0. The third-order valence-corrected chi connectivity index (χ3v) is 0.566. The van der Waals surface area contributed by atoms with Gasteiger partial charge in [0.15, 0.2) is 0 Å². The predicted molar refractivity (Wildman–Crippen MR) is 56.1 cm³/mol. The zero-order chi connectivity index (χ0) is 9.82. The summed E-state index contributed by atoms with van der Waals surface area (Å²) in [5, 5.41) is 0. The monoisotopic (exact) mass is 167 g/mol. The van der Waals surface area contributed by atoms with E-state index in [0.717, 1.165) is 5.92 Å². The highest BCUT2D eigenvalue weighted by molar-refractivity contribution is 4.88. The van der Waals surface area contributed by atoms with Crippen LogP contribution < -0.4 is 0 Å². The average Bonchev–Trinajstić information content (AvgIpc) is 2.10. The summed E-state index contributed by atoms with van der Waals surface area (Å²) in [6, 6.07) is 5.72. The Hall–Kier alpha value is -0.850. The van der Waals surface area contributed by atoms with Gasteiger partial charge in [0.25, 0.3) is 0 Å². The van der Waals surface area contributed by atoms with Crippen LogP contribution in [0.15, 0.2) is 30.6 Å². The van der Waals surface area contributed by atoms with E-state index in [2.05, 4.69) is 25.8 Å². The van der Waals surface area contributed by atoms with Gasteiger partial charge in [-0.15, -0.1) is 0 Å². The van der Waals surface area contributed by atoms with Crippen molar-refractivity contribution in [3.8, 4) is 0 Å². The summed E-state index contributed by atoms with van der Waals surface area (Å²) in [6.45, 7) is 10.5. The van der Waals surface area contributed by atoms with Crippen molar-refractivity contribution in [3.63, 3.8) is 0 Å². The van der Waals surface area contributed by atoms with E-state index in [0.29, 0.717) is 0 Å². The van der Waals surface area contributed by atoms with Crippen LogP contribution in [-0.4, -0.2) is 4.98 Å². The lowest BCUT2D eigenvalue weighted by Crippen LogP contribution is -1.66. The fourth-order valence-electron chi connectivity index (χ4n) is 0.313. The maximum absolute atomic E-state index is 3.78. The molecule has 0 atom stereocenters. The first-order chi connectivity index (χ1) is 5.73. The number of hydrogen-bond donors (Lipinski definition) is 0. The van der Waals surface area contributed by atoms with Crippen molar-refractivity contribution in [2.45, 2.75) is 34.6 Å². The molecule has 0 aliphatic rings. The van der Waals surface area contributed by atoms with Crippen LogP contribution in [0.25, 0.3) is 0 Å². The smallest absolute Gasteiger partial charge is 0.0267 e. The van der Waals surface area contributed by atoms with Gasteiger partial charge in [0.1, 0.15) is 0 Å². The predicted octanol–water partition coefficient (Wildman–Crippen LogP) is 3.77. The molecule has 0 aliphatic heterocycles. The van der Waals surface area contributed by atoms with Crippen molar-refractivity contribution in [3.05, 3.63) is 30.6 Å². The van der Waals surface area contributed by atoms with Crippen LogP contribution in [0.3, 0.4) is 0 Å². The molecule has 1 heterocycles. The summed E-state index contributed by atoms with van der Waals surface area (Å²) in [4.78, 5) is 3.78. The van der Waals surface area contributed by atoms with Gasteiger partial charge in [0, 0.05) is 12.4 Å². The van der Waals surface area contributed by atoms with Crippen molar-refractivity contribution >= 4 is 0 Å². The van der Waals surface area contributed by atoms with Gasteiger partial charge in [0.05, 0.1) is 0 Å². The van der Waals surface area contributed by atoms with Gasteiger partial charge in [-0.1, -0.05) is 40.7 Å². The molecule has 1 rings (SSSR count). The van der Waals surface area contributed by atoms with Crippen molar-refractivity contribution < 1.29 is 0 Å². The Kier molecular flexibility index (Phi) is 14.6. The molecule has 0 unspecified atom stereocenters. The Morgan fingerprint density at radius 2 is 1.17 bits per heavy atom. The van der Waals surface area contributed by atoms with Gasteiger partial charge in [0.2, 0.25) is 0 Å². The van der Waals surface area contributed by atoms with E-state index in [9.17, 15) is 0 Å². The molecule has 0 saturated heterocycles. The quantitative estimate of drug-likeness (QED) is 0.573.